The van der Waals surface area contributed by atoms with Crippen LogP contribution in [0.2, 0.25) is 0 Å². The van der Waals surface area contributed by atoms with Gasteiger partial charge in [0.15, 0.2) is 0 Å². The van der Waals surface area contributed by atoms with Gasteiger partial charge in [0.25, 0.3) is 0 Å². The molecule has 0 amide bonds. The van der Waals surface area contributed by atoms with Gasteiger partial charge in [-0.25, -0.2) is 4.79 Å². The van der Waals surface area contributed by atoms with Crippen LogP contribution in [0.15, 0.2) is 42.6 Å². The van der Waals surface area contributed by atoms with Gasteiger partial charge < -0.3 is 24.3 Å². The summed E-state index contributed by atoms with van der Waals surface area (Å²) in [5.41, 5.74) is 8.55. The largest absolute Gasteiger partial charge is 0.489 e. The third-order valence-electron chi connectivity index (χ3n) is 4.50. The molecule has 28 heavy (non-hydrogen) atoms. The van der Waals surface area contributed by atoms with Crippen molar-refractivity contribution in [1.29, 1.82) is 0 Å². The molecule has 2 heterocycles. The molecule has 0 aliphatic heterocycles. The van der Waals surface area contributed by atoms with Crippen LogP contribution >= 0.6 is 0 Å². The van der Waals surface area contributed by atoms with Crippen molar-refractivity contribution >= 4 is 23.0 Å². The molecule has 1 aromatic carbocycles. The van der Waals surface area contributed by atoms with Crippen molar-refractivity contribution in [2.45, 2.75) is 6.92 Å². The van der Waals surface area contributed by atoms with E-state index >= 15 is 0 Å². The first kappa shape index (κ1) is 19.4. The number of hydrogen-bond donors (Lipinski definition) is 1. The molecule has 146 valence electrons. The highest BCUT2D eigenvalue weighted by molar-refractivity contribution is 6.12. The molecule has 0 unspecified atom stereocenters. The number of methoxy groups -OCH3 is 2. The maximum Gasteiger partial charge on any atom is 0.339 e. The average molecular weight is 382 g/mol. The van der Waals surface area contributed by atoms with Gasteiger partial charge in [0.1, 0.15) is 18.1 Å². The minimum absolute atomic E-state index is 0.156. The highest BCUT2D eigenvalue weighted by Gasteiger charge is 2.24. The van der Waals surface area contributed by atoms with Gasteiger partial charge >= 0.3 is 5.97 Å². The number of ketones is 1. The number of benzene rings is 1. The standard InChI is InChI=1S/C21H22N2O5/c1-13-18(19(24)14-7-8-16(22)15(12-14)21(25)27-3)23-9-5-4-6-17(23)20(13)28-11-10-26-2/h4-9,12H,10-11,22H2,1-3H3. The van der Waals surface area contributed by atoms with Crippen molar-refractivity contribution in [3.8, 4) is 5.75 Å². The van der Waals surface area contributed by atoms with Gasteiger partial charge in [0, 0.05) is 30.1 Å². The minimum atomic E-state index is -0.590. The van der Waals surface area contributed by atoms with Crippen molar-refractivity contribution in [2.75, 3.05) is 33.2 Å². The van der Waals surface area contributed by atoms with E-state index < -0.39 is 5.97 Å². The summed E-state index contributed by atoms with van der Waals surface area (Å²) < 4.78 is 17.4. The molecule has 2 aromatic heterocycles. The third-order valence-corrected chi connectivity index (χ3v) is 4.50. The summed E-state index contributed by atoms with van der Waals surface area (Å²) in [6.45, 7) is 2.64. The Kier molecular flexibility index (Phi) is 5.65. The first-order chi connectivity index (χ1) is 13.5. The Hall–Kier alpha value is -3.32. The van der Waals surface area contributed by atoms with Crippen molar-refractivity contribution in [3.05, 3.63) is 65.0 Å². The zero-order chi connectivity index (χ0) is 20.3. The number of hydrogen-bond acceptors (Lipinski definition) is 6. The summed E-state index contributed by atoms with van der Waals surface area (Å²) in [6.07, 6.45) is 1.80. The van der Waals surface area contributed by atoms with E-state index in [1.807, 2.05) is 25.1 Å². The minimum Gasteiger partial charge on any atom is -0.489 e. The van der Waals surface area contributed by atoms with E-state index in [0.717, 1.165) is 5.52 Å². The lowest BCUT2D eigenvalue weighted by atomic mass is 10.0. The van der Waals surface area contributed by atoms with Crippen LogP contribution < -0.4 is 10.5 Å². The van der Waals surface area contributed by atoms with Crippen molar-refractivity contribution in [1.82, 2.24) is 4.40 Å². The molecule has 3 rings (SSSR count). The van der Waals surface area contributed by atoms with Gasteiger partial charge in [0.05, 0.1) is 24.8 Å². The second kappa shape index (κ2) is 8.14. The van der Waals surface area contributed by atoms with Crippen molar-refractivity contribution in [3.63, 3.8) is 0 Å². The molecule has 0 aliphatic carbocycles. The number of aromatic nitrogens is 1. The van der Waals surface area contributed by atoms with Crippen LogP contribution in [0, 0.1) is 6.92 Å². The van der Waals surface area contributed by atoms with Gasteiger partial charge in [-0.2, -0.15) is 0 Å². The first-order valence-electron chi connectivity index (χ1n) is 8.73. The predicted molar refractivity (Wildman–Crippen MR) is 105 cm³/mol. The Morgan fingerprint density at radius 3 is 2.61 bits per heavy atom. The van der Waals surface area contributed by atoms with Gasteiger partial charge in [0.2, 0.25) is 5.78 Å². The summed E-state index contributed by atoms with van der Waals surface area (Å²) in [5, 5.41) is 0. The number of nitrogen functional groups attached to an aromatic ring is 1. The number of nitrogens with zero attached hydrogens (tertiary/aromatic N) is 1. The van der Waals surface area contributed by atoms with Gasteiger partial charge in [-0.1, -0.05) is 6.07 Å². The zero-order valence-electron chi connectivity index (χ0n) is 16.0. The van der Waals surface area contributed by atoms with E-state index in [-0.39, 0.29) is 17.0 Å². The number of rotatable bonds is 7. The SMILES string of the molecule is COCCOc1c(C)c(C(=O)c2ccc(N)c(C(=O)OC)c2)n2ccccc12. The fraction of sp³-hybridized carbons (Fsp3) is 0.238. The molecular weight excluding hydrogens is 360 g/mol. The maximum absolute atomic E-state index is 13.3. The van der Waals surface area contributed by atoms with Crippen LogP contribution in [0.5, 0.6) is 5.75 Å². The van der Waals surface area contributed by atoms with Crippen LogP contribution in [-0.2, 0) is 9.47 Å². The molecule has 3 aromatic rings. The molecule has 0 saturated heterocycles. The zero-order valence-corrected chi connectivity index (χ0v) is 16.0. The number of fused-ring (bicyclic) bond motifs is 1. The number of ether oxygens (including phenoxy) is 3. The van der Waals surface area contributed by atoms with Crippen LogP contribution in [0.3, 0.4) is 0 Å². The van der Waals surface area contributed by atoms with Gasteiger partial charge in [-0.15, -0.1) is 0 Å². The average Bonchev–Trinajstić information content (AvgIpc) is 2.99. The highest BCUT2D eigenvalue weighted by atomic mass is 16.5. The Morgan fingerprint density at radius 1 is 1.11 bits per heavy atom. The number of esters is 1. The van der Waals surface area contributed by atoms with Crippen LogP contribution in [0.1, 0.15) is 32.0 Å². The lowest BCUT2D eigenvalue weighted by Crippen LogP contribution is -2.11. The van der Waals surface area contributed by atoms with E-state index in [1.54, 1.807) is 23.8 Å². The monoisotopic (exact) mass is 382 g/mol. The number of anilines is 1. The fourth-order valence-electron chi connectivity index (χ4n) is 3.11. The molecule has 7 nitrogen and oxygen atoms in total. The molecule has 0 aliphatic rings. The summed E-state index contributed by atoms with van der Waals surface area (Å²) >= 11 is 0. The third kappa shape index (κ3) is 3.44. The molecule has 0 saturated carbocycles. The molecular formula is C21H22N2O5. The van der Waals surface area contributed by atoms with E-state index in [9.17, 15) is 9.59 Å². The van der Waals surface area contributed by atoms with E-state index in [0.29, 0.717) is 35.8 Å². The van der Waals surface area contributed by atoms with Gasteiger partial charge in [-0.3, -0.25) is 4.79 Å². The van der Waals surface area contributed by atoms with E-state index in [1.165, 1.54) is 19.2 Å². The van der Waals surface area contributed by atoms with Crippen LogP contribution in [0.25, 0.3) is 5.52 Å². The predicted octanol–water partition coefficient (Wildman–Crippen LogP) is 2.87. The molecule has 0 atom stereocenters. The summed E-state index contributed by atoms with van der Waals surface area (Å²) in [7, 11) is 2.87. The molecule has 0 bridgehead atoms. The molecule has 0 fully saturated rings. The Balaban J connectivity index is 2.10. The van der Waals surface area contributed by atoms with E-state index in [2.05, 4.69) is 0 Å². The second-order valence-electron chi connectivity index (χ2n) is 6.22. The van der Waals surface area contributed by atoms with Crippen LogP contribution in [0.4, 0.5) is 5.69 Å². The lowest BCUT2D eigenvalue weighted by molar-refractivity contribution is 0.0602. The summed E-state index contributed by atoms with van der Waals surface area (Å²) in [4.78, 5) is 25.2. The molecule has 7 heteroatoms. The first-order valence-corrected chi connectivity index (χ1v) is 8.73. The smallest absolute Gasteiger partial charge is 0.339 e. The van der Waals surface area contributed by atoms with Crippen molar-refractivity contribution in [2.24, 2.45) is 0 Å². The number of carbonyl (C=O) groups is 2. The number of nitrogens with two attached hydrogens (primary N) is 1. The van der Waals surface area contributed by atoms with Crippen LogP contribution in [-0.4, -0.2) is 43.6 Å². The second-order valence-corrected chi connectivity index (χ2v) is 6.22. The number of pyridine rings is 1. The fourth-order valence-corrected chi connectivity index (χ4v) is 3.11. The maximum atomic E-state index is 13.3. The van der Waals surface area contributed by atoms with Gasteiger partial charge in [-0.05, 0) is 37.3 Å². The molecule has 0 spiro atoms. The van der Waals surface area contributed by atoms with Crippen molar-refractivity contribution < 1.29 is 23.8 Å². The summed E-state index contributed by atoms with van der Waals surface area (Å²) in [6, 6.07) is 10.2. The lowest BCUT2D eigenvalue weighted by Gasteiger charge is -2.08. The quantitative estimate of drug-likeness (QED) is 0.292. The Morgan fingerprint density at radius 2 is 1.89 bits per heavy atom. The Labute approximate surface area is 162 Å². The highest BCUT2D eigenvalue weighted by Crippen LogP contribution is 2.32. The van der Waals surface area contributed by atoms with E-state index in [4.69, 9.17) is 19.9 Å². The molecule has 2 N–H and O–H groups in total. The normalized spacial score (nSPS) is 10.8. The Bertz CT molecular complexity index is 1040. The topological polar surface area (TPSA) is 92.3 Å². The summed E-state index contributed by atoms with van der Waals surface area (Å²) in [5.74, 6) is -0.206. The molecule has 0 radical (unpaired) electrons. The number of carbonyl (C=O) groups excluding carboxylic acids is 2.